The summed E-state index contributed by atoms with van der Waals surface area (Å²) in [6.07, 6.45) is 0. The van der Waals surface area contributed by atoms with E-state index in [0.717, 1.165) is 27.0 Å². The van der Waals surface area contributed by atoms with E-state index in [1.54, 1.807) is 12.1 Å². The molecule has 0 unspecified atom stereocenters. The van der Waals surface area contributed by atoms with Gasteiger partial charge < -0.3 is 10.3 Å². The Balaban J connectivity index is 1.40. The Morgan fingerprint density at radius 1 is 1.10 bits per heavy atom. The molecule has 9 nitrogen and oxygen atoms in total. The molecule has 0 aliphatic carbocycles. The molecule has 0 saturated heterocycles. The number of anilines is 1. The van der Waals surface area contributed by atoms with Crippen molar-refractivity contribution in [3.63, 3.8) is 0 Å². The molecule has 2 heterocycles. The second-order valence-electron chi connectivity index (χ2n) is 6.61. The number of aromatic nitrogens is 4. The second-order valence-corrected chi connectivity index (χ2v) is 9.71. The number of carbonyl (C=O) groups is 1. The van der Waals surface area contributed by atoms with E-state index >= 15 is 0 Å². The number of H-pyrrole nitrogens is 1. The molecule has 0 radical (unpaired) electrons. The summed E-state index contributed by atoms with van der Waals surface area (Å²) in [6, 6.07) is 13.7. The van der Waals surface area contributed by atoms with Crippen LogP contribution in [0, 0.1) is 0 Å². The quantitative estimate of drug-likeness (QED) is 0.440. The maximum Gasteiger partial charge on any atom is 0.242 e. The number of hydrogen-bond donors (Lipinski definition) is 2. The van der Waals surface area contributed by atoms with Crippen LogP contribution in [0.5, 0.6) is 0 Å². The summed E-state index contributed by atoms with van der Waals surface area (Å²) in [4.78, 5) is 20.0. The van der Waals surface area contributed by atoms with Gasteiger partial charge in [-0.2, -0.15) is 0 Å². The van der Waals surface area contributed by atoms with Gasteiger partial charge in [0.2, 0.25) is 21.1 Å². The maximum absolute atomic E-state index is 12.2. The Morgan fingerprint density at radius 3 is 2.57 bits per heavy atom. The number of carbonyl (C=O) groups excluding carboxylic acids is 1. The Kier molecular flexibility index (Phi) is 5.41. The van der Waals surface area contributed by atoms with Crippen molar-refractivity contribution < 1.29 is 13.2 Å². The number of benzene rings is 2. The number of hydrogen-bond acceptors (Lipinski definition) is 7. The van der Waals surface area contributed by atoms with Crippen LogP contribution in [0.25, 0.3) is 22.1 Å². The highest BCUT2D eigenvalue weighted by Crippen LogP contribution is 2.23. The van der Waals surface area contributed by atoms with Gasteiger partial charge in [-0.1, -0.05) is 30.0 Å². The van der Waals surface area contributed by atoms with E-state index in [1.165, 1.54) is 26.2 Å². The topological polar surface area (TPSA) is 121 Å². The fourth-order valence-corrected chi connectivity index (χ4v) is 4.30. The number of rotatable bonds is 6. The molecular formula is C19H18N6O3S2. The number of fused-ring (bicyclic) bond motifs is 3. The lowest BCUT2D eigenvalue weighted by atomic mass is 10.2. The number of nitrogens with zero attached hydrogens (tertiary/aromatic N) is 4. The lowest BCUT2D eigenvalue weighted by Gasteiger charge is -2.12. The molecule has 0 fully saturated rings. The zero-order valence-corrected chi connectivity index (χ0v) is 17.8. The van der Waals surface area contributed by atoms with E-state index in [9.17, 15) is 13.2 Å². The zero-order chi connectivity index (χ0) is 21.3. The van der Waals surface area contributed by atoms with Gasteiger partial charge in [0.15, 0.2) is 5.65 Å². The minimum atomic E-state index is -3.51. The monoisotopic (exact) mass is 442 g/mol. The molecule has 0 saturated carbocycles. The first kappa shape index (κ1) is 20.3. The first-order chi connectivity index (χ1) is 14.3. The lowest BCUT2D eigenvalue weighted by molar-refractivity contribution is -0.113. The van der Waals surface area contributed by atoms with Crippen LogP contribution in [0.1, 0.15) is 0 Å². The van der Waals surface area contributed by atoms with Crippen molar-refractivity contribution in [3.05, 3.63) is 48.5 Å². The second kappa shape index (κ2) is 8.01. The minimum absolute atomic E-state index is 0.0885. The Bertz CT molecular complexity index is 1330. The molecule has 2 aromatic heterocycles. The molecule has 4 aromatic rings. The van der Waals surface area contributed by atoms with Crippen molar-refractivity contribution in [1.82, 2.24) is 24.5 Å². The van der Waals surface area contributed by atoms with E-state index in [2.05, 4.69) is 25.5 Å². The smallest absolute Gasteiger partial charge is 0.242 e. The van der Waals surface area contributed by atoms with Crippen LogP contribution in [0.2, 0.25) is 0 Å². The van der Waals surface area contributed by atoms with Crippen LogP contribution in [0.3, 0.4) is 0 Å². The molecule has 2 N–H and O–H groups in total. The Morgan fingerprint density at radius 2 is 1.83 bits per heavy atom. The summed E-state index contributed by atoms with van der Waals surface area (Å²) in [6.45, 7) is 0. The maximum atomic E-state index is 12.2. The van der Waals surface area contributed by atoms with Crippen molar-refractivity contribution in [2.24, 2.45) is 0 Å². The fourth-order valence-electron chi connectivity index (χ4n) is 2.82. The average molecular weight is 443 g/mol. The molecule has 0 aliphatic rings. The third-order valence-electron chi connectivity index (χ3n) is 4.35. The van der Waals surface area contributed by atoms with Gasteiger partial charge in [0.25, 0.3) is 0 Å². The number of amides is 1. The standard InChI is InChI=1S/C19H18N6O3S2/c1-25(2)30(27,28)13-9-7-12(8-10-13)20-16(26)11-29-19-22-18-17(23-24-19)14-5-3-4-6-15(14)21-18/h3-10H,11H2,1-2H3,(H,20,26)(H,21,22,24). The summed E-state index contributed by atoms with van der Waals surface area (Å²) in [5.74, 6) is -0.172. The van der Waals surface area contributed by atoms with E-state index in [4.69, 9.17) is 0 Å². The molecule has 11 heteroatoms. The highest BCUT2D eigenvalue weighted by Gasteiger charge is 2.17. The van der Waals surface area contributed by atoms with Crippen LogP contribution >= 0.6 is 11.8 Å². The predicted octanol–water partition coefficient (Wildman–Crippen LogP) is 2.49. The van der Waals surface area contributed by atoms with E-state index in [-0.39, 0.29) is 16.6 Å². The summed E-state index contributed by atoms with van der Waals surface area (Å²) in [5.41, 5.74) is 2.73. The molecule has 154 valence electrons. The van der Waals surface area contributed by atoms with Crippen LogP contribution in [-0.4, -0.2) is 58.6 Å². The Labute approximate surface area is 177 Å². The van der Waals surface area contributed by atoms with E-state index < -0.39 is 10.0 Å². The zero-order valence-electron chi connectivity index (χ0n) is 16.2. The predicted molar refractivity (Wildman–Crippen MR) is 116 cm³/mol. The van der Waals surface area contributed by atoms with Crippen molar-refractivity contribution >= 4 is 55.4 Å². The van der Waals surface area contributed by atoms with Crippen molar-refractivity contribution in [2.45, 2.75) is 10.1 Å². The van der Waals surface area contributed by atoms with E-state index in [0.29, 0.717) is 22.0 Å². The summed E-state index contributed by atoms with van der Waals surface area (Å²) >= 11 is 1.16. The number of aromatic amines is 1. The molecule has 30 heavy (non-hydrogen) atoms. The van der Waals surface area contributed by atoms with Gasteiger partial charge >= 0.3 is 0 Å². The van der Waals surface area contributed by atoms with Crippen LogP contribution in [-0.2, 0) is 14.8 Å². The van der Waals surface area contributed by atoms with Gasteiger partial charge in [-0.05, 0) is 30.3 Å². The normalized spacial score (nSPS) is 12.0. The van der Waals surface area contributed by atoms with Crippen molar-refractivity contribution in [1.29, 1.82) is 0 Å². The molecule has 0 aliphatic heterocycles. The lowest BCUT2D eigenvalue weighted by Crippen LogP contribution is -2.22. The SMILES string of the molecule is CN(C)S(=O)(=O)c1ccc(NC(=O)CSc2nnc3c(n2)[nH]c2ccccc23)cc1. The molecule has 0 bridgehead atoms. The molecule has 0 spiro atoms. The van der Waals surface area contributed by atoms with Gasteiger partial charge in [-0.3, -0.25) is 4.79 Å². The van der Waals surface area contributed by atoms with Crippen LogP contribution < -0.4 is 5.32 Å². The van der Waals surface area contributed by atoms with Gasteiger partial charge in [-0.15, -0.1) is 10.2 Å². The van der Waals surface area contributed by atoms with Gasteiger partial charge in [-0.25, -0.2) is 17.7 Å². The van der Waals surface area contributed by atoms with E-state index in [1.807, 2.05) is 24.3 Å². The third-order valence-corrected chi connectivity index (χ3v) is 7.02. The number of nitrogens with one attached hydrogen (secondary N) is 2. The number of sulfonamides is 1. The summed E-state index contributed by atoms with van der Waals surface area (Å²) < 4.78 is 25.3. The van der Waals surface area contributed by atoms with Gasteiger partial charge in [0.1, 0.15) is 5.52 Å². The highest BCUT2D eigenvalue weighted by molar-refractivity contribution is 7.99. The molecule has 0 atom stereocenters. The third kappa shape index (κ3) is 3.99. The van der Waals surface area contributed by atoms with Gasteiger partial charge in [0, 0.05) is 30.7 Å². The van der Waals surface area contributed by atoms with Gasteiger partial charge in [0.05, 0.1) is 10.6 Å². The first-order valence-corrected chi connectivity index (χ1v) is 11.3. The largest absolute Gasteiger partial charge is 0.338 e. The molecule has 2 aromatic carbocycles. The van der Waals surface area contributed by atoms with Crippen molar-refractivity contribution in [3.8, 4) is 0 Å². The first-order valence-electron chi connectivity index (χ1n) is 8.91. The van der Waals surface area contributed by atoms with Crippen LogP contribution in [0.15, 0.2) is 58.6 Å². The van der Waals surface area contributed by atoms with Crippen LogP contribution in [0.4, 0.5) is 5.69 Å². The molecular weight excluding hydrogens is 424 g/mol. The van der Waals surface area contributed by atoms with Crippen molar-refractivity contribution in [2.75, 3.05) is 25.2 Å². The summed E-state index contributed by atoms with van der Waals surface area (Å²) in [7, 11) is -0.577. The highest BCUT2D eigenvalue weighted by atomic mass is 32.2. The minimum Gasteiger partial charge on any atom is -0.338 e. The fraction of sp³-hybridized carbons (Fsp3) is 0.158. The molecule has 1 amide bonds. The Hall–Kier alpha value is -3.02. The number of para-hydroxylation sites is 1. The average Bonchev–Trinajstić information content (AvgIpc) is 3.10. The number of thioether (sulfide) groups is 1. The molecule has 4 rings (SSSR count). The summed E-state index contributed by atoms with van der Waals surface area (Å²) in [5, 5.41) is 12.4.